The van der Waals surface area contributed by atoms with Gasteiger partial charge in [0.15, 0.2) is 5.13 Å². The van der Waals surface area contributed by atoms with Crippen LogP contribution in [0.3, 0.4) is 0 Å². The van der Waals surface area contributed by atoms with Gasteiger partial charge in [0.2, 0.25) is 0 Å². The van der Waals surface area contributed by atoms with Crippen molar-refractivity contribution in [3.05, 3.63) is 59.0 Å². The smallest absolute Gasteiger partial charge is 0.279 e. The van der Waals surface area contributed by atoms with Crippen LogP contribution >= 0.6 is 22.9 Å². The van der Waals surface area contributed by atoms with Crippen molar-refractivity contribution >= 4 is 49.8 Å². The summed E-state index contributed by atoms with van der Waals surface area (Å²) in [5.74, 6) is -0.102. The molecule has 0 saturated carbocycles. The summed E-state index contributed by atoms with van der Waals surface area (Å²) in [7, 11) is 0. The number of fused-ring (bicyclic) bond motifs is 2. The Bertz CT molecular complexity index is 1250. The van der Waals surface area contributed by atoms with Crippen LogP contribution in [0.5, 0.6) is 0 Å². The summed E-state index contributed by atoms with van der Waals surface area (Å²) >= 11 is 7.65. The fraction of sp³-hybridized carbons (Fsp3) is 0.318. The average molecular weight is 456 g/mol. The van der Waals surface area contributed by atoms with Gasteiger partial charge < -0.3 is 4.74 Å². The highest BCUT2D eigenvalue weighted by molar-refractivity contribution is 7.22. The van der Waals surface area contributed by atoms with Crippen molar-refractivity contribution in [1.82, 2.24) is 19.3 Å². The summed E-state index contributed by atoms with van der Waals surface area (Å²) in [5, 5.41) is 1.33. The largest absolute Gasteiger partial charge is 0.379 e. The zero-order chi connectivity index (χ0) is 21.4. The highest BCUT2D eigenvalue weighted by Crippen LogP contribution is 2.32. The van der Waals surface area contributed by atoms with Gasteiger partial charge in [-0.2, -0.15) is 0 Å². The van der Waals surface area contributed by atoms with Gasteiger partial charge >= 0.3 is 0 Å². The van der Waals surface area contributed by atoms with Crippen molar-refractivity contribution in [2.24, 2.45) is 0 Å². The molecule has 1 aliphatic heterocycles. The molecule has 1 aliphatic rings. The molecule has 4 aromatic rings. The van der Waals surface area contributed by atoms with Crippen LogP contribution in [0.25, 0.3) is 15.9 Å². The Labute approximate surface area is 188 Å². The molecule has 1 fully saturated rings. The second-order valence-corrected chi connectivity index (χ2v) is 8.94. The molecule has 0 N–H and O–H groups in total. The molecule has 0 spiro atoms. The Morgan fingerprint density at radius 2 is 2.06 bits per heavy atom. The number of hydrogen-bond acceptors (Lipinski definition) is 6. The molecule has 0 radical (unpaired) electrons. The molecule has 9 heteroatoms. The monoisotopic (exact) mass is 455 g/mol. The van der Waals surface area contributed by atoms with Crippen LogP contribution in [0, 0.1) is 6.92 Å². The van der Waals surface area contributed by atoms with Crippen LogP contribution in [0.2, 0.25) is 5.02 Å². The first-order chi connectivity index (χ1) is 15.1. The number of thiazole rings is 1. The lowest BCUT2D eigenvalue weighted by Crippen LogP contribution is -2.43. The van der Waals surface area contributed by atoms with Gasteiger partial charge in [0.05, 0.1) is 29.1 Å². The molecule has 160 valence electrons. The van der Waals surface area contributed by atoms with Crippen molar-refractivity contribution < 1.29 is 9.53 Å². The van der Waals surface area contributed by atoms with Crippen molar-refractivity contribution in [1.29, 1.82) is 0 Å². The first-order valence-corrected chi connectivity index (χ1v) is 11.4. The van der Waals surface area contributed by atoms with Gasteiger partial charge in [0.1, 0.15) is 11.3 Å². The van der Waals surface area contributed by atoms with Gasteiger partial charge in [-0.05, 0) is 37.3 Å². The van der Waals surface area contributed by atoms with Gasteiger partial charge in [-0.1, -0.05) is 29.0 Å². The highest BCUT2D eigenvalue weighted by atomic mass is 35.5. The number of rotatable bonds is 5. The quantitative estimate of drug-likeness (QED) is 0.457. The van der Waals surface area contributed by atoms with Gasteiger partial charge in [-0.25, -0.2) is 9.97 Å². The van der Waals surface area contributed by atoms with E-state index in [-0.39, 0.29) is 5.91 Å². The number of benzene rings is 1. The number of halogens is 1. The van der Waals surface area contributed by atoms with Crippen LogP contribution in [0.4, 0.5) is 5.13 Å². The summed E-state index contributed by atoms with van der Waals surface area (Å²) in [4.78, 5) is 27.2. The molecule has 1 saturated heterocycles. The van der Waals surface area contributed by atoms with Crippen molar-refractivity contribution in [3.8, 4) is 0 Å². The summed E-state index contributed by atoms with van der Waals surface area (Å²) in [6.07, 6.45) is 1.88. The minimum Gasteiger partial charge on any atom is -0.379 e. The van der Waals surface area contributed by atoms with E-state index in [0.29, 0.717) is 28.1 Å². The number of aryl methyl sites for hydroxylation is 1. The van der Waals surface area contributed by atoms with E-state index in [4.69, 9.17) is 21.3 Å². The van der Waals surface area contributed by atoms with E-state index in [2.05, 4.69) is 9.88 Å². The zero-order valence-electron chi connectivity index (χ0n) is 17.1. The predicted octanol–water partition coefficient (Wildman–Crippen LogP) is 3.88. The first kappa shape index (κ1) is 20.4. The van der Waals surface area contributed by atoms with E-state index in [0.717, 1.165) is 48.7 Å². The highest BCUT2D eigenvalue weighted by Gasteiger charge is 2.27. The molecular weight excluding hydrogens is 434 g/mol. The molecule has 7 nitrogen and oxygen atoms in total. The minimum absolute atomic E-state index is 0.102. The molecule has 1 amide bonds. The SMILES string of the molecule is Cc1nc2ccccn2c1C(=O)N(CCN1CCOCC1)c1nc2ccc(Cl)cc2s1. The third-order valence-corrected chi connectivity index (χ3v) is 6.74. The predicted molar refractivity (Wildman–Crippen MR) is 123 cm³/mol. The third-order valence-electron chi connectivity index (χ3n) is 5.47. The number of carbonyl (C=O) groups is 1. The lowest BCUT2D eigenvalue weighted by molar-refractivity contribution is 0.0391. The van der Waals surface area contributed by atoms with Crippen LogP contribution in [0.1, 0.15) is 16.2 Å². The fourth-order valence-electron chi connectivity index (χ4n) is 3.85. The number of pyridine rings is 1. The number of amides is 1. The van der Waals surface area contributed by atoms with Gasteiger partial charge in [-0.15, -0.1) is 0 Å². The minimum atomic E-state index is -0.102. The molecule has 0 aliphatic carbocycles. The van der Waals surface area contributed by atoms with E-state index in [1.165, 1.54) is 11.3 Å². The summed E-state index contributed by atoms with van der Waals surface area (Å²) in [6, 6.07) is 11.3. The van der Waals surface area contributed by atoms with Gasteiger partial charge in [0, 0.05) is 37.4 Å². The maximum atomic E-state index is 13.8. The van der Waals surface area contributed by atoms with Crippen LogP contribution in [-0.2, 0) is 4.74 Å². The Hall–Kier alpha value is -2.52. The topological polar surface area (TPSA) is 63.0 Å². The van der Waals surface area contributed by atoms with Crippen molar-refractivity contribution in [2.45, 2.75) is 6.92 Å². The summed E-state index contributed by atoms with van der Waals surface area (Å²) in [5.41, 5.74) is 2.86. The number of morpholine rings is 1. The normalized spacial score (nSPS) is 15.0. The standard InChI is InChI=1S/C22H22ClN5O2S/c1-15-20(27-7-3-2-4-19(27)24-15)21(29)28(9-8-26-10-12-30-13-11-26)22-25-17-6-5-16(23)14-18(17)31-22/h2-7,14H,8-13H2,1H3. The molecule has 4 heterocycles. The molecule has 0 bridgehead atoms. The number of anilines is 1. The average Bonchev–Trinajstić information content (AvgIpc) is 3.34. The van der Waals surface area contributed by atoms with Crippen molar-refractivity contribution in [3.63, 3.8) is 0 Å². The second kappa shape index (κ2) is 8.55. The fourth-order valence-corrected chi connectivity index (χ4v) is 5.12. The molecule has 5 rings (SSSR count). The molecule has 0 atom stereocenters. The zero-order valence-corrected chi connectivity index (χ0v) is 18.7. The molecule has 1 aromatic carbocycles. The van der Waals surface area contributed by atoms with Crippen LogP contribution in [-0.4, -0.2) is 64.6 Å². The number of aromatic nitrogens is 3. The first-order valence-electron chi connectivity index (χ1n) is 10.2. The summed E-state index contributed by atoms with van der Waals surface area (Å²) < 4.78 is 8.27. The van der Waals surface area contributed by atoms with E-state index in [1.54, 1.807) is 4.90 Å². The Morgan fingerprint density at radius 1 is 1.23 bits per heavy atom. The number of imidazole rings is 1. The number of hydrogen-bond donors (Lipinski definition) is 0. The lowest BCUT2D eigenvalue weighted by Gasteiger charge is -2.29. The Kier molecular flexibility index (Phi) is 5.62. The molecule has 31 heavy (non-hydrogen) atoms. The number of carbonyl (C=O) groups excluding carboxylic acids is 1. The lowest BCUT2D eigenvalue weighted by atomic mass is 10.3. The maximum Gasteiger partial charge on any atom is 0.279 e. The van der Waals surface area contributed by atoms with E-state index in [9.17, 15) is 4.79 Å². The molecular formula is C22H22ClN5O2S. The summed E-state index contributed by atoms with van der Waals surface area (Å²) in [6.45, 7) is 6.34. The maximum absolute atomic E-state index is 13.8. The Morgan fingerprint density at radius 3 is 2.90 bits per heavy atom. The second-order valence-electron chi connectivity index (χ2n) is 7.49. The Balaban J connectivity index is 1.53. The van der Waals surface area contributed by atoms with Gasteiger partial charge in [-0.3, -0.25) is 19.0 Å². The molecule has 3 aromatic heterocycles. The number of nitrogens with zero attached hydrogens (tertiary/aromatic N) is 5. The van der Waals surface area contributed by atoms with Crippen LogP contribution < -0.4 is 4.90 Å². The van der Waals surface area contributed by atoms with Crippen LogP contribution in [0.15, 0.2) is 42.6 Å². The van der Waals surface area contributed by atoms with Crippen molar-refractivity contribution in [2.75, 3.05) is 44.3 Å². The number of ether oxygens (including phenoxy) is 1. The third kappa shape index (κ3) is 4.04. The van der Waals surface area contributed by atoms with E-state index < -0.39 is 0 Å². The van der Waals surface area contributed by atoms with Gasteiger partial charge in [0.25, 0.3) is 5.91 Å². The van der Waals surface area contributed by atoms with E-state index in [1.807, 2.05) is 53.9 Å². The van der Waals surface area contributed by atoms with E-state index >= 15 is 0 Å². The molecule has 0 unspecified atom stereocenters.